The van der Waals surface area contributed by atoms with Crippen molar-refractivity contribution in [2.75, 3.05) is 20.7 Å². The van der Waals surface area contributed by atoms with Crippen LogP contribution < -0.4 is 10.1 Å². The summed E-state index contributed by atoms with van der Waals surface area (Å²) < 4.78 is 18.9. The highest BCUT2D eigenvalue weighted by Gasteiger charge is 2.10. The number of aryl methyl sites for hydroxylation is 3. The zero-order valence-corrected chi connectivity index (χ0v) is 16.1. The number of rotatable bonds is 7. The maximum atomic E-state index is 13.5. The topological polar surface area (TPSA) is 41.6 Å². The SMILES string of the molecule is COc1c(C)cc(CN(C)CC(=O)NCc2ccc(C)c(F)c2)cc1C. The van der Waals surface area contributed by atoms with Gasteiger partial charge >= 0.3 is 0 Å². The van der Waals surface area contributed by atoms with Crippen LogP contribution in [0.1, 0.15) is 27.8 Å². The summed E-state index contributed by atoms with van der Waals surface area (Å²) >= 11 is 0. The Morgan fingerprint density at radius 3 is 2.31 bits per heavy atom. The lowest BCUT2D eigenvalue weighted by molar-refractivity contribution is -0.122. The molecule has 0 saturated heterocycles. The first-order valence-corrected chi connectivity index (χ1v) is 8.64. The molecule has 0 heterocycles. The van der Waals surface area contributed by atoms with Gasteiger partial charge in [-0.3, -0.25) is 9.69 Å². The number of nitrogens with one attached hydrogen (secondary N) is 1. The number of benzene rings is 2. The molecule has 26 heavy (non-hydrogen) atoms. The van der Waals surface area contributed by atoms with Gasteiger partial charge in [-0.15, -0.1) is 0 Å². The maximum Gasteiger partial charge on any atom is 0.234 e. The van der Waals surface area contributed by atoms with Gasteiger partial charge in [0.05, 0.1) is 13.7 Å². The van der Waals surface area contributed by atoms with E-state index in [1.54, 1.807) is 20.1 Å². The number of hydrogen-bond donors (Lipinski definition) is 1. The molecule has 0 unspecified atom stereocenters. The largest absolute Gasteiger partial charge is 0.496 e. The highest BCUT2D eigenvalue weighted by atomic mass is 19.1. The Morgan fingerprint density at radius 2 is 1.73 bits per heavy atom. The molecule has 2 rings (SSSR count). The minimum Gasteiger partial charge on any atom is -0.496 e. The van der Waals surface area contributed by atoms with Crippen LogP contribution >= 0.6 is 0 Å². The van der Waals surface area contributed by atoms with E-state index in [1.165, 1.54) is 6.07 Å². The highest BCUT2D eigenvalue weighted by Crippen LogP contribution is 2.24. The standard InChI is InChI=1S/C21H27FN2O2/c1-14-6-7-17(10-19(14)22)11-23-20(25)13-24(4)12-18-8-15(2)21(26-5)16(3)9-18/h6-10H,11-13H2,1-5H3,(H,23,25). The van der Waals surface area contributed by atoms with Gasteiger partial charge in [-0.2, -0.15) is 0 Å². The van der Waals surface area contributed by atoms with Gasteiger partial charge in [0.2, 0.25) is 5.91 Å². The molecule has 0 saturated carbocycles. The molecular formula is C21H27FN2O2. The fraction of sp³-hybridized carbons (Fsp3) is 0.381. The minimum atomic E-state index is -0.251. The third kappa shape index (κ3) is 5.30. The van der Waals surface area contributed by atoms with Crippen molar-refractivity contribution in [1.29, 1.82) is 0 Å². The lowest BCUT2D eigenvalue weighted by Crippen LogP contribution is -2.34. The van der Waals surface area contributed by atoms with E-state index in [0.29, 0.717) is 18.7 Å². The third-order valence-electron chi connectivity index (χ3n) is 4.32. The van der Waals surface area contributed by atoms with Crippen LogP contribution in [0.5, 0.6) is 5.75 Å². The molecule has 0 bridgehead atoms. The molecule has 0 radical (unpaired) electrons. The summed E-state index contributed by atoms with van der Waals surface area (Å²) in [6.07, 6.45) is 0. The Labute approximate surface area is 155 Å². The van der Waals surface area contributed by atoms with E-state index in [0.717, 1.165) is 28.0 Å². The van der Waals surface area contributed by atoms with Gasteiger partial charge in [0.15, 0.2) is 0 Å². The summed E-state index contributed by atoms with van der Waals surface area (Å²) in [5, 5.41) is 2.84. The molecule has 2 aromatic rings. The summed E-state index contributed by atoms with van der Waals surface area (Å²) in [5.41, 5.74) is 4.66. The smallest absolute Gasteiger partial charge is 0.234 e. The number of hydrogen-bond acceptors (Lipinski definition) is 3. The van der Waals surface area contributed by atoms with E-state index in [4.69, 9.17) is 4.74 Å². The Hall–Kier alpha value is -2.40. The molecule has 140 valence electrons. The van der Waals surface area contributed by atoms with Crippen LogP contribution in [0.2, 0.25) is 0 Å². The fourth-order valence-corrected chi connectivity index (χ4v) is 3.07. The van der Waals surface area contributed by atoms with Gasteiger partial charge in [0, 0.05) is 13.1 Å². The number of ether oxygens (including phenoxy) is 1. The van der Waals surface area contributed by atoms with Crippen molar-refractivity contribution in [3.8, 4) is 5.75 Å². The third-order valence-corrected chi connectivity index (χ3v) is 4.32. The summed E-state index contributed by atoms with van der Waals surface area (Å²) in [6.45, 7) is 7.02. The first kappa shape index (κ1) is 19.9. The number of methoxy groups -OCH3 is 1. The molecule has 0 atom stereocenters. The normalized spacial score (nSPS) is 10.9. The number of likely N-dealkylation sites (N-methyl/N-ethyl adjacent to an activating group) is 1. The second kappa shape index (κ2) is 8.81. The lowest BCUT2D eigenvalue weighted by Gasteiger charge is -2.18. The Balaban J connectivity index is 1.88. The maximum absolute atomic E-state index is 13.5. The van der Waals surface area contributed by atoms with Crippen LogP contribution in [-0.2, 0) is 17.9 Å². The average molecular weight is 358 g/mol. The van der Waals surface area contributed by atoms with E-state index in [9.17, 15) is 9.18 Å². The summed E-state index contributed by atoms with van der Waals surface area (Å²) in [6, 6.07) is 9.16. The van der Waals surface area contributed by atoms with Crippen molar-refractivity contribution in [3.63, 3.8) is 0 Å². The van der Waals surface area contributed by atoms with Gasteiger partial charge < -0.3 is 10.1 Å². The van der Waals surface area contributed by atoms with Gasteiger partial charge in [-0.05, 0) is 61.7 Å². The van der Waals surface area contributed by atoms with Gasteiger partial charge in [0.25, 0.3) is 0 Å². The number of nitrogens with zero attached hydrogens (tertiary/aromatic N) is 1. The zero-order valence-electron chi connectivity index (χ0n) is 16.1. The molecule has 1 N–H and O–H groups in total. The van der Waals surface area contributed by atoms with Crippen LogP contribution in [0.15, 0.2) is 30.3 Å². The van der Waals surface area contributed by atoms with Crippen molar-refractivity contribution >= 4 is 5.91 Å². The molecule has 5 heteroatoms. The predicted octanol–water partition coefficient (Wildman–Crippen LogP) is 3.51. The van der Waals surface area contributed by atoms with Crippen molar-refractivity contribution < 1.29 is 13.9 Å². The average Bonchev–Trinajstić information content (AvgIpc) is 2.55. The highest BCUT2D eigenvalue weighted by molar-refractivity contribution is 5.77. The van der Waals surface area contributed by atoms with E-state index >= 15 is 0 Å². The van der Waals surface area contributed by atoms with E-state index < -0.39 is 0 Å². The molecule has 0 aromatic heterocycles. The van der Waals surface area contributed by atoms with Crippen LogP contribution in [0.3, 0.4) is 0 Å². The van der Waals surface area contributed by atoms with Crippen LogP contribution in [0.25, 0.3) is 0 Å². The van der Waals surface area contributed by atoms with E-state index in [-0.39, 0.29) is 18.3 Å². The van der Waals surface area contributed by atoms with Crippen LogP contribution in [0.4, 0.5) is 4.39 Å². The van der Waals surface area contributed by atoms with Gasteiger partial charge in [-0.25, -0.2) is 4.39 Å². The van der Waals surface area contributed by atoms with Crippen molar-refractivity contribution in [1.82, 2.24) is 10.2 Å². The van der Waals surface area contributed by atoms with Crippen molar-refractivity contribution in [3.05, 3.63) is 64.0 Å². The number of carbonyl (C=O) groups is 1. The summed E-state index contributed by atoms with van der Waals surface area (Å²) in [4.78, 5) is 14.1. The Kier molecular flexibility index (Phi) is 6.75. The number of amides is 1. The monoisotopic (exact) mass is 358 g/mol. The predicted molar refractivity (Wildman–Crippen MR) is 102 cm³/mol. The second-order valence-corrected chi connectivity index (χ2v) is 6.80. The molecule has 4 nitrogen and oxygen atoms in total. The summed E-state index contributed by atoms with van der Waals surface area (Å²) in [7, 11) is 3.57. The molecule has 2 aromatic carbocycles. The number of carbonyl (C=O) groups excluding carboxylic acids is 1. The first-order chi connectivity index (χ1) is 12.3. The van der Waals surface area contributed by atoms with Crippen molar-refractivity contribution in [2.45, 2.75) is 33.9 Å². The zero-order chi connectivity index (χ0) is 19.3. The lowest BCUT2D eigenvalue weighted by atomic mass is 10.1. The molecule has 0 spiro atoms. The minimum absolute atomic E-state index is 0.0876. The van der Waals surface area contributed by atoms with Gasteiger partial charge in [-0.1, -0.05) is 24.3 Å². The quantitative estimate of drug-likeness (QED) is 0.824. The molecule has 0 fully saturated rings. The van der Waals surface area contributed by atoms with Crippen LogP contribution in [0, 0.1) is 26.6 Å². The summed E-state index contributed by atoms with van der Waals surface area (Å²) in [5.74, 6) is 0.564. The Bertz CT molecular complexity index is 767. The second-order valence-electron chi connectivity index (χ2n) is 6.80. The van der Waals surface area contributed by atoms with E-state index in [1.807, 2.05) is 31.9 Å². The molecule has 0 aliphatic heterocycles. The molecular weight excluding hydrogens is 331 g/mol. The molecule has 0 aliphatic carbocycles. The van der Waals surface area contributed by atoms with Gasteiger partial charge in [0.1, 0.15) is 11.6 Å². The Morgan fingerprint density at radius 1 is 1.08 bits per heavy atom. The van der Waals surface area contributed by atoms with Crippen molar-refractivity contribution in [2.24, 2.45) is 0 Å². The molecule has 0 aliphatic rings. The molecule has 1 amide bonds. The first-order valence-electron chi connectivity index (χ1n) is 8.64. The van der Waals surface area contributed by atoms with Crippen LogP contribution in [-0.4, -0.2) is 31.5 Å². The number of halogens is 1. The van der Waals surface area contributed by atoms with E-state index in [2.05, 4.69) is 17.4 Å². The fourth-order valence-electron chi connectivity index (χ4n) is 3.07.